The fourth-order valence-electron chi connectivity index (χ4n) is 2.18. The molecule has 25 heavy (non-hydrogen) atoms. The SMILES string of the molecule is O=C(Nc1cccc(O)c1)c1cc(-c2ccc(OC(F)F)cc2)n[nH]1. The van der Waals surface area contributed by atoms with Crippen molar-refractivity contribution >= 4 is 11.6 Å². The van der Waals surface area contributed by atoms with Crippen molar-refractivity contribution in [1.29, 1.82) is 0 Å². The highest BCUT2D eigenvalue weighted by molar-refractivity contribution is 6.03. The lowest BCUT2D eigenvalue weighted by Gasteiger charge is -2.04. The number of phenolic OH excluding ortho intramolecular Hbond substituents is 1. The highest BCUT2D eigenvalue weighted by atomic mass is 19.3. The first-order valence-electron chi connectivity index (χ1n) is 7.22. The minimum atomic E-state index is -2.89. The van der Waals surface area contributed by atoms with E-state index in [-0.39, 0.29) is 17.2 Å². The number of hydrogen-bond donors (Lipinski definition) is 3. The van der Waals surface area contributed by atoms with Crippen LogP contribution in [-0.4, -0.2) is 27.8 Å². The molecule has 0 aliphatic rings. The molecule has 0 fully saturated rings. The molecule has 3 aromatic rings. The number of carbonyl (C=O) groups excluding carboxylic acids is 1. The molecule has 0 radical (unpaired) electrons. The Morgan fingerprint density at radius 2 is 1.92 bits per heavy atom. The number of phenols is 1. The number of benzene rings is 2. The van der Waals surface area contributed by atoms with Gasteiger partial charge in [0.2, 0.25) is 0 Å². The lowest BCUT2D eigenvalue weighted by Crippen LogP contribution is -2.12. The molecule has 0 unspecified atom stereocenters. The third-order valence-corrected chi connectivity index (χ3v) is 3.30. The molecule has 0 saturated heterocycles. The number of hydrogen-bond acceptors (Lipinski definition) is 4. The van der Waals surface area contributed by atoms with Gasteiger partial charge in [0.15, 0.2) is 0 Å². The maximum atomic E-state index is 12.2. The first kappa shape index (κ1) is 16.4. The average Bonchev–Trinajstić information content (AvgIpc) is 3.05. The maximum Gasteiger partial charge on any atom is 0.387 e. The molecule has 1 aromatic heterocycles. The van der Waals surface area contributed by atoms with E-state index in [0.717, 1.165) is 0 Å². The van der Waals surface area contributed by atoms with Crippen molar-refractivity contribution in [3.63, 3.8) is 0 Å². The summed E-state index contributed by atoms with van der Waals surface area (Å²) in [5.41, 5.74) is 1.76. The molecule has 2 aromatic carbocycles. The zero-order chi connectivity index (χ0) is 17.8. The number of rotatable bonds is 5. The minimum Gasteiger partial charge on any atom is -0.508 e. The molecule has 8 heteroatoms. The molecule has 0 saturated carbocycles. The first-order valence-corrected chi connectivity index (χ1v) is 7.22. The summed E-state index contributed by atoms with van der Waals surface area (Å²) in [4.78, 5) is 12.2. The Morgan fingerprint density at radius 3 is 2.60 bits per heavy atom. The zero-order valence-electron chi connectivity index (χ0n) is 12.7. The number of carbonyl (C=O) groups is 1. The van der Waals surface area contributed by atoms with Crippen LogP contribution in [0.15, 0.2) is 54.6 Å². The number of aromatic nitrogens is 2. The van der Waals surface area contributed by atoms with Gasteiger partial charge in [-0.2, -0.15) is 13.9 Å². The number of alkyl halides is 2. The highest BCUT2D eigenvalue weighted by Gasteiger charge is 2.12. The van der Waals surface area contributed by atoms with Gasteiger partial charge in [-0.1, -0.05) is 6.07 Å². The van der Waals surface area contributed by atoms with Gasteiger partial charge in [-0.3, -0.25) is 9.89 Å². The molecule has 0 aliphatic heterocycles. The normalized spacial score (nSPS) is 10.7. The van der Waals surface area contributed by atoms with Crippen molar-refractivity contribution in [3.8, 4) is 22.8 Å². The Balaban J connectivity index is 1.72. The molecular weight excluding hydrogens is 332 g/mol. The molecule has 1 amide bonds. The Labute approximate surface area is 141 Å². The molecular formula is C17H13F2N3O3. The lowest BCUT2D eigenvalue weighted by atomic mass is 10.1. The Kier molecular flexibility index (Phi) is 4.60. The van der Waals surface area contributed by atoms with E-state index in [4.69, 9.17) is 0 Å². The predicted octanol–water partition coefficient (Wildman–Crippen LogP) is 3.64. The number of nitrogens with zero attached hydrogens (tertiary/aromatic N) is 1. The van der Waals surface area contributed by atoms with E-state index in [1.165, 1.54) is 30.3 Å². The second kappa shape index (κ2) is 7.00. The molecule has 3 N–H and O–H groups in total. The minimum absolute atomic E-state index is 0.0363. The van der Waals surface area contributed by atoms with Crippen LogP contribution in [0.5, 0.6) is 11.5 Å². The highest BCUT2D eigenvalue weighted by Crippen LogP contribution is 2.23. The largest absolute Gasteiger partial charge is 0.508 e. The van der Waals surface area contributed by atoms with Crippen molar-refractivity contribution in [3.05, 3.63) is 60.3 Å². The van der Waals surface area contributed by atoms with Crippen LogP contribution in [-0.2, 0) is 0 Å². The lowest BCUT2D eigenvalue weighted by molar-refractivity contribution is -0.0498. The standard InChI is InChI=1S/C17H13F2N3O3/c18-17(19)25-13-6-4-10(5-7-13)14-9-15(22-21-14)16(24)20-11-2-1-3-12(23)8-11/h1-9,17,23H,(H,20,24)(H,21,22). The van der Waals surface area contributed by atoms with Crippen LogP contribution in [0.25, 0.3) is 11.3 Å². The monoisotopic (exact) mass is 345 g/mol. The smallest absolute Gasteiger partial charge is 0.387 e. The molecule has 3 rings (SSSR count). The summed E-state index contributed by atoms with van der Waals surface area (Å²) >= 11 is 0. The van der Waals surface area contributed by atoms with E-state index in [9.17, 15) is 18.7 Å². The Bertz CT molecular complexity index is 879. The van der Waals surface area contributed by atoms with Crippen LogP contribution in [0.3, 0.4) is 0 Å². The molecule has 0 spiro atoms. The second-order valence-electron chi connectivity index (χ2n) is 5.07. The summed E-state index contributed by atoms with van der Waals surface area (Å²) in [5, 5.41) is 18.7. The van der Waals surface area contributed by atoms with Gasteiger partial charge in [-0.05, 0) is 42.5 Å². The van der Waals surface area contributed by atoms with Gasteiger partial charge in [-0.15, -0.1) is 0 Å². The van der Waals surface area contributed by atoms with Gasteiger partial charge in [0.05, 0.1) is 5.69 Å². The maximum absolute atomic E-state index is 12.2. The second-order valence-corrected chi connectivity index (χ2v) is 5.07. The Hall–Kier alpha value is -3.42. The summed E-state index contributed by atoms with van der Waals surface area (Å²) in [6.07, 6.45) is 0. The van der Waals surface area contributed by atoms with Gasteiger partial charge in [0, 0.05) is 17.3 Å². The first-order chi connectivity index (χ1) is 12.0. The molecule has 1 heterocycles. The van der Waals surface area contributed by atoms with E-state index >= 15 is 0 Å². The van der Waals surface area contributed by atoms with Crippen LogP contribution in [0.1, 0.15) is 10.5 Å². The third kappa shape index (κ3) is 4.11. The van der Waals surface area contributed by atoms with Crippen molar-refractivity contribution < 1.29 is 23.4 Å². The number of nitrogens with one attached hydrogen (secondary N) is 2. The fraction of sp³-hybridized carbons (Fsp3) is 0.0588. The van der Waals surface area contributed by atoms with Crippen molar-refractivity contribution in [2.45, 2.75) is 6.61 Å². The molecule has 0 atom stereocenters. The molecule has 6 nitrogen and oxygen atoms in total. The van der Waals surface area contributed by atoms with Crippen LogP contribution in [0.4, 0.5) is 14.5 Å². The summed E-state index contributed by atoms with van der Waals surface area (Å²) < 4.78 is 28.6. The van der Waals surface area contributed by atoms with Crippen LogP contribution < -0.4 is 10.1 Å². The average molecular weight is 345 g/mol. The molecule has 0 bridgehead atoms. The van der Waals surface area contributed by atoms with E-state index in [1.54, 1.807) is 24.3 Å². The van der Waals surface area contributed by atoms with Crippen molar-refractivity contribution in [2.75, 3.05) is 5.32 Å². The summed E-state index contributed by atoms with van der Waals surface area (Å²) in [5.74, 6) is -0.354. The van der Waals surface area contributed by atoms with Gasteiger partial charge in [-0.25, -0.2) is 0 Å². The van der Waals surface area contributed by atoms with Crippen LogP contribution in [0, 0.1) is 0 Å². The van der Waals surface area contributed by atoms with Gasteiger partial charge >= 0.3 is 6.61 Å². The predicted molar refractivity (Wildman–Crippen MR) is 86.7 cm³/mol. The quantitative estimate of drug-likeness (QED) is 0.659. The van der Waals surface area contributed by atoms with E-state index in [2.05, 4.69) is 20.3 Å². The van der Waals surface area contributed by atoms with Crippen molar-refractivity contribution in [2.24, 2.45) is 0 Å². The summed E-state index contributed by atoms with van der Waals surface area (Å²) in [7, 11) is 0. The zero-order valence-corrected chi connectivity index (χ0v) is 12.7. The Morgan fingerprint density at radius 1 is 1.16 bits per heavy atom. The number of halogens is 2. The van der Waals surface area contributed by atoms with Crippen LogP contribution >= 0.6 is 0 Å². The number of aromatic amines is 1. The third-order valence-electron chi connectivity index (χ3n) is 3.30. The number of amides is 1. The number of aromatic hydroxyl groups is 1. The molecule has 128 valence electrons. The van der Waals surface area contributed by atoms with Gasteiger partial charge < -0.3 is 15.2 Å². The number of H-pyrrole nitrogens is 1. The van der Waals surface area contributed by atoms with E-state index in [1.807, 2.05) is 0 Å². The topological polar surface area (TPSA) is 87.2 Å². The van der Waals surface area contributed by atoms with Crippen LogP contribution in [0.2, 0.25) is 0 Å². The van der Waals surface area contributed by atoms with E-state index in [0.29, 0.717) is 16.9 Å². The fourth-order valence-corrected chi connectivity index (χ4v) is 2.18. The van der Waals surface area contributed by atoms with E-state index < -0.39 is 12.5 Å². The molecule has 0 aliphatic carbocycles. The summed E-state index contributed by atoms with van der Waals surface area (Å²) in [6.45, 7) is -2.89. The van der Waals surface area contributed by atoms with Gasteiger partial charge in [0.1, 0.15) is 17.2 Å². The number of anilines is 1. The van der Waals surface area contributed by atoms with Crippen molar-refractivity contribution in [1.82, 2.24) is 10.2 Å². The summed E-state index contributed by atoms with van der Waals surface area (Å²) in [6, 6.07) is 13.6. The van der Waals surface area contributed by atoms with Gasteiger partial charge in [0.25, 0.3) is 5.91 Å². The number of ether oxygens (including phenoxy) is 1.